The van der Waals surface area contributed by atoms with Crippen molar-refractivity contribution in [3.05, 3.63) is 135 Å². The van der Waals surface area contributed by atoms with E-state index < -0.39 is 24.0 Å². The van der Waals surface area contributed by atoms with Gasteiger partial charge in [0.15, 0.2) is 0 Å². The molecule has 4 amide bonds. The van der Waals surface area contributed by atoms with Gasteiger partial charge in [0.25, 0.3) is 11.8 Å². The zero-order valence-electron chi connectivity index (χ0n) is 22.2. The molecule has 0 bridgehead atoms. The van der Waals surface area contributed by atoms with Gasteiger partial charge in [0, 0.05) is 39.6 Å². The molecule has 5 aromatic rings. The number of nitrogens with one attached hydrogen (secondary N) is 2. The first kappa shape index (κ1) is 26.3. The van der Waals surface area contributed by atoms with Crippen LogP contribution in [0.2, 0.25) is 10.0 Å². The molecule has 1 aromatic heterocycles. The van der Waals surface area contributed by atoms with Crippen LogP contribution in [0.15, 0.2) is 97.1 Å². The number of H-pyrrole nitrogens is 1. The summed E-state index contributed by atoms with van der Waals surface area (Å²) in [6.07, 6.45) is 0.346. The lowest BCUT2D eigenvalue weighted by molar-refractivity contribution is -0.120. The Bertz CT molecular complexity index is 1900. The van der Waals surface area contributed by atoms with Crippen molar-refractivity contribution in [2.24, 2.45) is 0 Å². The fourth-order valence-electron chi connectivity index (χ4n) is 6.09. The molecule has 7 nitrogen and oxygen atoms in total. The van der Waals surface area contributed by atoms with Gasteiger partial charge >= 0.3 is 6.03 Å². The third-order valence-electron chi connectivity index (χ3n) is 8.00. The Morgan fingerprint density at radius 1 is 0.905 bits per heavy atom. The molecule has 2 N–H and O–H groups in total. The van der Waals surface area contributed by atoms with E-state index in [1.54, 1.807) is 41.3 Å². The molecular weight excluding hydrogens is 571 g/mol. The Morgan fingerprint density at radius 3 is 2.50 bits per heavy atom. The van der Waals surface area contributed by atoms with Gasteiger partial charge in [0.1, 0.15) is 12.1 Å². The number of anilines is 1. The number of rotatable bonds is 5. The van der Waals surface area contributed by atoms with Crippen LogP contribution in [0.4, 0.5) is 10.5 Å². The van der Waals surface area contributed by atoms with Gasteiger partial charge in [-0.15, -0.1) is 0 Å². The first-order valence-electron chi connectivity index (χ1n) is 13.5. The number of fused-ring (bicyclic) bond motifs is 4. The lowest BCUT2D eigenvalue weighted by Gasteiger charge is -2.36. The van der Waals surface area contributed by atoms with Crippen molar-refractivity contribution in [2.75, 3.05) is 4.90 Å². The molecule has 1 fully saturated rings. The van der Waals surface area contributed by atoms with Gasteiger partial charge < -0.3 is 10.3 Å². The van der Waals surface area contributed by atoms with E-state index in [-0.39, 0.29) is 23.7 Å². The fourth-order valence-corrected chi connectivity index (χ4v) is 6.49. The quantitative estimate of drug-likeness (QED) is 0.217. The molecule has 0 unspecified atom stereocenters. The largest absolute Gasteiger partial charge is 0.356 e. The Hall–Kier alpha value is -4.59. The summed E-state index contributed by atoms with van der Waals surface area (Å²) < 4.78 is 0. The van der Waals surface area contributed by atoms with E-state index in [0.717, 1.165) is 38.2 Å². The summed E-state index contributed by atoms with van der Waals surface area (Å²) in [5, 5.41) is 4.96. The van der Waals surface area contributed by atoms with Gasteiger partial charge in [0.05, 0.1) is 11.3 Å². The summed E-state index contributed by atoms with van der Waals surface area (Å²) >= 11 is 12.7. The number of hydrogen-bond acceptors (Lipinski definition) is 3. The van der Waals surface area contributed by atoms with Gasteiger partial charge in [-0.3, -0.25) is 14.5 Å². The van der Waals surface area contributed by atoms with Crippen LogP contribution >= 0.6 is 23.2 Å². The number of para-hydroxylation sites is 2. The van der Waals surface area contributed by atoms with Crippen molar-refractivity contribution >= 4 is 57.6 Å². The van der Waals surface area contributed by atoms with Gasteiger partial charge in [-0.05, 0) is 53.1 Å². The van der Waals surface area contributed by atoms with E-state index in [1.165, 1.54) is 0 Å². The highest BCUT2D eigenvalue weighted by Gasteiger charge is 2.53. The molecule has 0 spiro atoms. The Kier molecular flexibility index (Phi) is 6.49. The normalized spacial score (nSPS) is 17.9. The molecule has 0 saturated carbocycles. The minimum Gasteiger partial charge on any atom is -0.356 e. The van der Waals surface area contributed by atoms with Crippen LogP contribution in [-0.4, -0.2) is 33.8 Å². The lowest BCUT2D eigenvalue weighted by atomic mass is 9.89. The van der Waals surface area contributed by atoms with Crippen LogP contribution in [0.3, 0.4) is 0 Å². The van der Waals surface area contributed by atoms with Crippen LogP contribution in [0.1, 0.15) is 38.8 Å². The molecule has 7 rings (SSSR count). The van der Waals surface area contributed by atoms with Gasteiger partial charge in [-0.25, -0.2) is 9.69 Å². The number of carbonyl (C=O) groups is 3. The van der Waals surface area contributed by atoms with Crippen molar-refractivity contribution in [1.29, 1.82) is 0 Å². The topological polar surface area (TPSA) is 85.5 Å². The molecular formula is C33H24Cl2N4O3. The summed E-state index contributed by atoms with van der Waals surface area (Å²) in [6, 6.07) is 27.3. The summed E-state index contributed by atoms with van der Waals surface area (Å²) in [5.74, 6) is -0.798. The minimum atomic E-state index is -0.757. The number of halogens is 2. The number of amides is 4. The van der Waals surface area contributed by atoms with Crippen LogP contribution in [0, 0.1) is 0 Å². The average molecular weight is 595 g/mol. The third kappa shape index (κ3) is 4.24. The smallest absolute Gasteiger partial charge is 0.332 e. The molecule has 2 aliphatic heterocycles. The molecule has 2 aliphatic rings. The molecule has 208 valence electrons. The number of nitrogens with zero attached hydrogens (tertiary/aromatic N) is 2. The molecule has 0 aliphatic carbocycles. The molecule has 2 atom stereocenters. The van der Waals surface area contributed by atoms with E-state index in [2.05, 4.69) is 10.3 Å². The van der Waals surface area contributed by atoms with E-state index >= 15 is 0 Å². The molecule has 1 saturated heterocycles. The van der Waals surface area contributed by atoms with Gasteiger partial charge in [-0.2, -0.15) is 0 Å². The Morgan fingerprint density at radius 2 is 1.67 bits per heavy atom. The highest BCUT2D eigenvalue weighted by atomic mass is 35.5. The maximum absolute atomic E-state index is 14.3. The molecule has 0 radical (unpaired) electrons. The first-order chi connectivity index (χ1) is 20.4. The number of aromatic amines is 1. The van der Waals surface area contributed by atoms with Crippen molar-refractivity contribution < 1.29 is 14.4 Å². The minimum absolute atomic E-state index is 0.196. The summed E-state index contributed by atoms with van der Waals surface area (Å²) in [5.41, 5.74) is 4.77. The number of carbonyl (C=O) groups excluding carboxylic acids is 3. The van der Waals surface area contributed by atoms with Crippen LogP contribution in [0.25, 0.3) is 10.9 Å². The van der Waals surface area contributed by atoms with Crippen molar-refractivity contribution in [2.45, 2.75) is 25.0 Å². The molecule has 9 heteroatoms. The van der Waals surface area contributed by atoms with Crippen LogP contribution in [-0.2, 0) is 17.8 Å². The van der Waals surface area contributed by atoms with Crippen LogP contribution in [0.5, 0.6) is 0 Å². The van der Waals surface area contributed by atoms with Crippen LogP contribution < -0.4 is 10.2 Å². The highest BCUT2D eigenvalue weighted by molar-refractivity contribution is 6.31. The lowest BCUT2D eigenvalue weighted by Crippen LogP contribution is -2.44. The zero-order chi connectivity index (χ0) is 29.0. The van der Waals surface area contributed by atoms with Gasteiger partial charge in [-0.1, -0.05) is 83.9 Å². The highest BCUT2D eigenvalue weighted by Crippen LogP contribution is 2.45. The number of imide groups is 1. The predicted molar refractivity (Wildman–Crippen MR) is 163 cm³/mol. The van der Waals surface area contributed by atoms with E-state index in [0.29, 0.717) is 16.5 Å². The number of hydrogen-bond donors (Lipinski definition) is 2. The van der Waals surface area contributed by atoms with Crippen molar-refractivity contribution in [3.63, 3.8) is 0 Å². The average Bonchev–Trinajstić information content (AvgIpc) is 3.49. The van der Waals surface area contributed by atoms with E-state index in [1.807, 2.05) is 60.7 Å². The standard InChI is InChI=1S/C33H24Cl2N4O3/c34-21-10-7-9-19(16-21)30-29-24(22-11-2-5-14-26(22)37-29)17-28-32(41)39(33(42)38(28)30)27-15-6-3-12-23(27)31(40)36-18-20-8-1-4-13-25(20)35/h1-16,28,30,37H,17-18H2,(H,36,40)/t28-,30+/m0/s1. The summed E-state index contributed by atoms with van der Waals surface area (Å²) in [6.45, 7) is 0.196. The summed E-state index contributed by atoms with van der Waals surface area (Å²) in [7, 11) is 0. The second-order valence-electron chi connectivity index (χ2n) is 10.4. The summed E-state index contributed by atoms with van der Waals surface area (Å²) in [4.78, 5) is 48.1. The maximum atomic E-state index is 14.3. The number of urea groups is 1. The molecule has 42 heavy (non-hydrogen) atoms. The Balaban J connectivity index is 1.28. The monoisotopic (exact) mass is 594 g/mol. The molecule has 4 aromatic carbocycles. The second kappa shape index (κ2) is 10.4. The SMILES string of the molecule is O=C(NCc1ccccc1Cl)c1ccccc1N1C(=O)[C@@H]2Cc3c([nH]c4ccccc34)[C@@H](c3cccc(Cl)c3)N2C1=O. The van der Waals surface area contributed by atoms with Crippen molar-refractivity contribution in [1.82, 2.24) is 15.2 Å². The predicted octanol–water partition coefficient (Wildman–Crippen LogP) is 6.89. The third-order valence-corrected chi connectivity index (χ3v) is 8.60. The maximum Gasteiger partial charge on any atom is 0.332 e. The van der Waals surface area contributed by atoms with E-state index in [4.69, 9.17) is 23.2 Å². The second-order valence-corrected chi connectivity index (χ2v) is 11.2. The number of benzene rings is 4. The van der Waals surface area contributed by atoms with Crippen molar-refractivity contribution in [3.8, 4) is 0 Å². The number of aromatic nitrogens is 1. The van der Waals surface area contributed by atoms with Gasteiger partial charge in [0.2, 0.25) is 0 Å². The van der Waals surface area contributed by atoms with E-state index in [9.17, 15) is 14.4 Å². The zero-order valence-corrected chi connectivity index (χ0v) is 23.7. The fraction of sp³-hybridized carbons (Fsp3) is 0.121. The first-order valence-corrected chi connectivity index (χ1v) is 14.3. The molecule has 3 heterocycles. The Labute approximate surface area is 251 Å².